The van der Waals surface area contributed by atoms with Crippen molar-refractivity contribution < 1.29 is 0 Å². The summed E-state index contributed by atoms with van der Waals surface area (Å²) >= 11 is 0. The lowest BCUT2D eigenvalue weighted by Gasteiger charge is -2.32. The first kappa shape index (κ1) is 12.3. The molecule has 1 saturated heterocycles. The summed E-state index contributed by atoms with van der Waals surface area (Å²) in [6.07, 6.45) is 6.65. The van der Waals surface area contributed by atoms with Crippen LogP contribution in [0.3, 0.4) is 0 Å². The van der Waals surface area contributed by atoms with Gasteiger partial charge in [-0.1, -0.05) is 19.8 Å². The predicted molar refractivity (Wildman–Crippen MR) is 75.5 cm³/mol. The number of rotatable bonds is 2. The quantitative estimate of drug-likeness (QED) is 0.787. The van der Waals surface area contributed by atoms with Crippen molar-refractivity contribution in [2.45, 2.75) is 52.0 Å². The summed E-state index contributed by atoms with van der Waals surface area (Å²) in [6, 6.07) is 7.02. The largest absolute Gasteiger partial charge is 0.399 e. The summed E-state index contributed by atoms with van der Waals surface area (Å²) in [5.74, 6) is 0. The van der Waals surface area contributed by atoms with Crippen LogP contribution < -0.4 is 10.6 Å². The Morgan fingerprint density at radius 1 is 1.29 bits per heavy atom. The van der Waals surface area contributed by atoms with Crippen molar-refractivity contribution in [1.82, 2.24) is 0 Å². The summed E-state index contributed by atoms with van der Waals surface area (Å²) < 4.78 is 0. The average Bonchev–Trinajstić information content (AvgIpc) is 2.54. The molecular weight excluding hydrogens is 208 g/mol. The van der Waals surface area contributed by atoms with E-state index in [-0.39, 0.29) is 0 Å². The Labute approximate surface area is 105 Å². The SMILES string of the molecule is CCC1CCCCCN1c1ccc(N)cc1C. The molecular formula is C15H24N2. The van der Waals surface area contributed by atoms with Crippen molar-refractivity contribution in [2.24, 2.45) is 0 Å². The van der Waals surface area contributed by atoms with Gasteiger partial charge in [-0.05, 0) is 49.9 Å². The van der Waals surface area contributed by atoms with Crippen LogP contribution in [-0.4, -0.2) is 12.6 Å². The van der Waals surface area contributed by atoms with Crippen LogP contribution >= 0.6 is 0 Å². The van der Waals surface area contributed by atoms with E-state index in [1.165, 1.54) is 49.9 Å². The lowest BCUT2D eigenvalue weighted by molar-refractivity contribution is 0.555. The second-order valence-corrected chi connectivity index (χ2v) is 5.15. The summed E-state index contributed by atoms with van der Waals surface area (Å²) in [5, 5.41) is 0. The maximum absolute atomic E-state index is 5.84. The van der Waals surface area contributed by atoms with Gasteiger partial charge in [-0.15, -0.1) is 0 Å². The van der Waals surface area contributed by atoms with Crippen LogP contribution in [0.2, 0.25) is 0 Å². The molecule has 2 heteroatoms. The number of nitrogens with zero attached hydrogens (tertiary/aromatic N) is 1. The van der Waals surface area contributed by atoms with E-state index in [1.54, 1.807) is 0 Å². The van der Waals surface area contributed by atoms with E-state index in [0.717, 1.165) is 5.69 Å². The van der Waals surface area contributed by atoms with Crippen molar-refractivity contribution in [3.05, 3.63) is 23.8 Å². The van der Waals surface area contributed by atoms with E-state index >= 15 is 0 Å². The van der Waals surface area contributed by atoms with Gasteiger partial charge in [0.25, 0.3) is 0 Å². The van der Waals surface area contributed by atoms with Gasteiger partial charge in [0, 0.05) is 24.0 Å². The van der Waals surface area contributed by atoms with E-state index in [1.807, 2.05) is 6.07 Å². The molecule has 1 heterocycles. The molecule has 1 aliphatic heterocycles. The van der Waals surface area contributed by atoms with E-state index in [2.05, 4.69) is 30.9 Å². The first-order valence-electron chi connectivity index (χ1n) is 6.85. The van der Waals surface area contributed by atoms with Gasteiger partial charge in [0.15, 0.2) is 0 Å². The zero-order chi connectivity index (χ0) is 12.3. The minimum absolute atomic E-state index is 0.708. The van der Waals surface area contributed by atoms with Crippen molar-refractivity contribution in [3.8, 4) is 0 Å². The molecule has 1 aromatic rings. The third-order valence-corrected chi connectivity index (χ3v) is 3.88. The van der Waals surface area contributed by atoms with Crippen LogP contribution in [0.25, 0.3) is 0 Å². The van der Waals surface area contributed by atoms with Gasteiger partial charge in [0.2, 0.25) is 0 Å². The highest BCUT2D eigenvalue weighted by molar-refractivity contribution is 5.59. The Morgan fingerprint density at radius 2 is 2.12 bits per heavy atom. The molecule has 1 aliphatic rings. The van der Waals surface area contributed by atoms with Crippen molar-refractivity contribution in [2.75, 3.05) is 17.2 Å². The monoisotopic (exact) mass is 232 g/mol. The molecule has 0 radical (unpaired) electrons. The van der Waals surface area contributed by atoms with Crippen LogP contribution in [0.4, 0.5) is 11.4 Å². The molecule has 0 amide bonds. The van der Waals surface area contributed by atoms with Gasteiger partial charge in [0.05, 0.1) is 0 Å². The number of nitrogen functional groups attached to an aromatic ring is 1. The predicted octanol–water partition coefficient (Wildman–Crippen LogP) is 3.74. The van der Waals surface area contributed by atoms with Crippen LogP contribution in [0.5, 0.6) is 0 Å². The zero-order valence-corrected chi connectivity index (χ0v) is 11.1. The maximum Gasteiger partial charge on any atom is 0.0399 e. The van der Waals surface area contributed by atoms with Crippen LogP contribution in [0.1, 0.15) is 44.6 Å². The van der Waals surface area contributed by atoms with E-state index in [0.29, 0.717) is 6.04 Å². The first-order valence-corrected chi connectivity index (χ1v) is 6.85. The van der Waals surface area contributed by atoms with E-state index < -0.39 is 0 Å². The number of anilines is 2. The average molecular weight is 232 g/mol. The highest BCUT2D eigenvalue weighted by atomic mass is 15.2. The van der Waals surface area contributed by atoms with Gasteiger partial charge in [-0.25, -0.2) is 0 Å². The van der Waals surface area contributed by atoms with Gasteiger partial charge in [0.1, 0.15) is 0 Å². The molecule has 1 aromatic carbocycles. The van der Waals surface area contributed by atoms with Gasteiger partial charge in [-0.3, -0.25) is 0 Å². The third kappa shape index (κ3) is 2.74. The van der Waals surface area contributed by atoms with Crippen molar-refractivity contribution in [3.63, 3.8) is 0 Å². The first-order chi connectivity index (χ1) is 8.22. The molecule has 2 rings (SSSR count). The normalized spacial score (nSPS) is 21.3. The van der Waals surface area contributed by atoms with Crippen molar-refractivity contribution in [1.29, 1.82) is 0 Å². The number of benzene rings is 1. The third-order valence-electron chi connectivity index (χ3n) is 3.88. The molecule has 0 saturated carbocycles. The molecule has 1 atom stereocenters. The maximum atomic E-state index is 5.84. The van der Waals surface area contributed by atoms with Crippen LogP contribution in [0, 0.1) is 6.92 Å². The van der Waals surface area contributed by atoms with Crippen molar-refractivity contribution >= 4 is 11.4 Å². The second kappa shape index (κ2) is 5.44. The number of hydrogen-bond donors (Lipinski definition) is 1. The minimum atomic E-state index is 0.708. The Bertz CT molecular complexity index is 373. The fourth-order valence-electron chi connectivity index (χ4n) is 2.92. The van der Waals surface area contributed by atoms with Gasteiger partial charge >= 0.3 is 0 Å². The van der Waals surface area contributed by atoms with E-state index in [4.69, 9.17) is 5.73 Å². The number of nitrogens with two attached hydrogens (primary N) is 1. The fraction of sp³-hybridized carbons (Fsp3) is 0.600. The molecule has 0 aliphatic carbocycles. The molecule has 94 valence electrons. The Hall–Kier alpha value is -1.18. The van der Waals surface area contributed by atoms with E-state index in [9.17, 15) is 0 Å². The zero-order valence-electron chi connectivity index (χ0n) is 11.1. The number of hydrogen-bond acceptors (Lipinski definition) is 2. The van der Waals surface area contributed by atoms with Gasteiger partial charge in [-0.2, -0.15) is 0 Å². The summed E-state index contributed by atoms with van der Waals surface area (Å²) in [6.45, 7) is 5.67. The molecule has 2 N–H and O–H groups in total. The molecule has 17 heavy (non-hydrogen) atoms. The number of aryl methyl sites for hydroxylation is 1. The molecule has 1 fully saturated rings. The molecule has 0 spiro atoms. The van der Waals surface area contributed by atoms with Crippen LogP contribution in [0.15, 0.2) is 18.2 Å². The molecule has 0 aromatic heterocycles. The Morgan fingerprint density at radius 3 is 2.82 bits per heavy atom. The molecule has 1 unspecified atom stereocenters. The topological polar surface area (TPSA) is 29.3 Å². The second-order valence-electron chi connectivity index (χ2n) is 5.15. The summed E-state index contributed by atoms with van der Waals surface area (Å²) in [5.41, 5.74) is 9.40. The lowest BCUT2D eigenvalue weighted by atomic mass is 10.1. The highest BCUT2D eigenvalue weighted by Gasteiger charge is 2.20. The van der Waals surface area contributed by atoms with Crippen LogP contribution in [-0.2, 0) is 0 Å². The summed E-state index contributed by atoms with van der Waals surface area (Å²) in [4.78, 5) is 2.60. The highest BCUT2D eigenvalue weighted by Crippen LogP contribution is 2.29. The Kier molecular flexibility index (Phi) is 3.93. The standard InChI is InChI=1S/C15H24N2/c1-3-14-7-5-4-6-10-17(14)15-9-8-13(16)11-12(15)2/h8-9,11,14H,3-7,10,16H2,1-2H3. The van der Waals surface area contributed by atoms with Gasteiger partial charge < -0.3 is 10.6 Å². The Balaban J connectivity index is 2.28. The lowest BCUT2D eigenvalue weighted by Crippen LogP contribution is -2.34. The fourth-order valence-corrected chi connectivity index (χ4v) is 2.92. The smallest absolute Gasteiger partial charge is 0.0399 e. The molecule has 0 bridgehead atoms. The minimum Gasteiger partial charge on any atom is -0.399 e. The summed E-state index contributed by atoms with van der Waals surface area (Å²) in [7, 11) is 0. The molecule has 2 nitrogen and oxygen atoms in total.